The molecule has 2 aromatic carbocycles. The molecule has 0 spiro atoms. The van der Waals surface area contributed by atoms with Crippen molar-refractivity contribution in [1.29, 1.82) is 0 Å². The second-order valence-corrected chi connectivity index (χ2v) is 7.86. The van der Waals surface area contributed by atoms with E-state index in [4.69, 9.17) is 0 Å². The van der Waals surface area contributed by atoms with Crippen LogP contribution in [0.5, 0.6) is 0 Å². The third-order valence-electron chi connectivity index (χ3n) is 4.70. The Morgan fingerprint density at radius 1 is 0.935 bits per heavy atom. The molecule has 0 aliphatic rings. The van der Waals surface area contributed by atoms with E-state index in [9.17, 15) is 4.79 Å². The molecule has 0 radical (unpaired) electrons. The molecule has 0 aromatic heterocycles. The monoisotopic (exact) mass is 537 g/mol. The largest absolute Gasteiger partial charge is 0.356 e. The third-order valence-corrected chi connectivity index (χ3v) is 4.70. The highest BCUT2D eigenvalue weighted by Gasteiger charge is 2.06. The van der Waals surface area contributed by atoms with Gasteiger partial charge in [-0.1, -0.05) is 41.5 Å². The van der Waals surface area contributed by atoms with E-state index in [0.717, 1.165) is 31.0 Å². The van der Waals surface area contributed by atoms with Crippen LogP contribution in [0.1, 0.15) is 32.6 Å². The first kappa shape index (κ1) is 26.9. The van der Waals surface area contributed by atoms with Crippen LogP contribution < -0.4 is 16.0 Å². The van der Waals surface area contributed by atoms with Crippen LogP contribution in [0.2, 0.25) is 0 Å². The maximum atomic E-state index is 12.3. The van der Waals surface area contributed by atoms with Crippen LogP contribution in [0.25, 0.3) is 0 Å². The van der Waals surface area contributed by atoms with E-state index < -0.39 is 0 Å². The number of aryl methyl sites for hydroxylation is 2. The average molecular weight is 537 g/mol. The number of guanidine groups is 1. The van der Waals surface area contributed by atoms with Gasteiger partial charge in [-0.3, -0.25) is 9.79 Å². The normalized spacial score (nSPS) is 11.1. The van der Waals surface area contributed by atoms with Crippen LogP contribution in [0.4, 0.5) is 0 Å². The molecule has 0 heterocycles. The minimum atomic E-state index is -0.0466. The zero-order valence-electron chi connectivity index (χ0n) is 19.3. The van der Waals surface area contributed by atoms with Gasteiger partial charge in [-0.25, -0.2) is 0 Å². The molecule has 1 amide bonds. The van der Waals surface area contributed by atoms with Crippen molar-refractivity contribution < 1.29 is 4.79 Å². The summed E-state index contributed by atoms with van der Waals surface area (Å²) >= 11 is 0. The fourth-order valence-corrected chi connectivity index (χ4v) is 3.26. The molecule has 6 nitrogen and oxygen atoms in total. The van der Waals surface area contributed by atoms with E-state index in [2.05, 4.69) is 53.0 Å². The Hall–Kier alpha value is -2.13. The van der Waals surface area contributed by atoms with Gasteiger partial charge >= 0.3 is 0 Å². The number of likely N-dealkylation sites (N-methyl/N-ethyl adjacent to an activating group) is 1. The van der Waals surface area contributed by atoms with Gasteiger partial charge < -0.3 is 20.9 Å². The fraction of sp³-hybridized carbons (Fsp3) is 0.417. The summed E-state index contributed by atoms with van der Waals surface area (Å²) in [5, 5.41) is 9.63. The highest BCUT2D eigenvalue weighted by atomic mass is 127. The quantitative estimate of drug-likeness (QED) is 0.261. The number of rotatable bonds is 9. The summed E-state index contributed by atoms with van der Waals surface area (Å²) in [5.74, 6) is 0.704. The number of benzene rings is 2. The molecule has 0 unspecified atom stereocenters. The van der Waals surface area contributed by atoms with Crippen molar-refractivity contribution in [2.45, 2.75) is 26.8 Å². The van der Waals surface area contributed by atoms with Gasteiger partial charge in [0.2, 0.25) is 0 Å². The van der Waals surface area contributed by atoms with Crippen molar-refractivity contribution in [1.82, 2.24) is 20.9 Å². The molecule has 0 atom stereocenters. The summed E-state index contributed by atoms with van der Waals surface area (Å²) in [5.41, 5.74) is 5.61. The summed E-state index contributed by atoms with van der Waals surface area (Å²) in [6.45, 7) is 7.10. The van der Waals surface area contributed by atoms with Gasteiger partial charge in [-0.05, 0) is 57.6 Å². The van der Waals surface area contributed by atoms with Gasteiger partial charge in [-0.15, -0.1) is 24.0 Å². The van der Waals surface area contributed by atoms with Crippen LogP contribution in [-0.2, 0) is 13.0 Å². The van der Waals surface area contributed by atoms with Crippen molar-refractivity contribution >= 4 is 35.8 Å². The molecule has 31 heavy (non-hydrogen) atoms. The molecule has 0 aliphatic heterocycles. The third kappa shape index (κ3) is 10.1. The van der Waals surface area contributed by atoms with Gasteiger partial charge in [0.05, 0.1) is 0 Å². The summed E-state index contributed by atoms with van der Waals surface area (Å²) in [7, 11) is 5.74. The lowest BCUT2D eigenvalue weighted by molar-refractivity contribution is 0.0951. The molecule has 0 aliphatic carbocycles. The number of aliphatic imine (C=N–C) groups is 1. The van der Waals surface area contributed by atoms with Crippen LogP contribution in [-0.4, -0.2) is 57.5 Å². The highest BCUT2D eigenvalue weighted by Crippen LogP contribution is 2.09. The Labute approximate surface area is 203 Å². The van der Waals surface area contributed by atoms with Crippen LogP contribution >= 0.6 is 24.0 Å². The second-order valence-electron chi connectivity index (χ2n) is 7.86. The predicted molar refractivity (Wildman–Crippen MR) is 141 cm³/mol. The molecule has 3 N–H and O–H groups in total. The maximum absolute atomic E-state index is 12.3. The number of carbonyl (C=O) groups excluding carboxylic acids is 1. The van der Waals surface area contributed by atoms with E-state index in [1.54, 1.807) is 7.05 Å². The number of hydrogen-bond donors (Lipinski definition) is 3. The zero-order valence-corrected chi connectivity index (χ0v) is 21.6. The standard InChI is InChI=1S/C24H35N5O.HI/c1-18-13-19(2)15-20(14-18)9-10-27-24(25-3)28-17-21-7-6-8-22(16-21)23(30)26-11-12-29(4)5;/h6-8,13-16H,9-12,17H2,1-5H3,(H,26,30)(H2,25,27,28);1H. The fourth-order valence-electron chi connectivity index (χ4n) is 3.26. The van der Waals surface area contributed by atoms with Crippen molar-refractivity contribution in [3.8, 4) is 0 Å². The van der Waals surface area contributed by atoms with Gasteiger partial charge in [0, 0.05) is 38.8 Å². The van der Waals surface area contributed by atoms with E-state index in [0.29, 0.717) is 18.7 Å². The first-order valence-electron chi connectivity index (χ1n) is 10.4. The van der Waals surface area contributed by atoms with Crippen molar-refractivity contribution in [2.75, 3.05) is 40.8 Å². The summed E-state index contributed by atoms with van der Waals surface area (Å²) in [4.78, 5) is 18.6. The average Bonchev–Trinajstić information content (AvgIpc) is 2.69. The number of nitrogens with zero attached hydrogens (tertiary/aromatic N) is 2. The molecule has 7 heteroatoms. The Kier molecular flexibility index (Phi) is 12.2. The number of amides is 1. The highest BCUT2D eigenvalue weighted by molar-refractivity contribution is 14.0. The lowest BCUT2D eigenvalue weighted by Crippen LogP contribution is -2.38. The topological polar surface area (TPSA) is 68.8 Å². The molecule has 2 aromatic rings. The Morgan fingerprint density at radius 3 is 2.29 bits per heavy atom. The molecule has 0 saturated heterocycles. The first-order chi connectivity index (χ1) is 14.4. The van der Waals surface area contributed by atoms with Gasteiger partial charge in [0.25, 0.3) is 5.91 Å². The number of halogens is 1. The summed E-state index contributed by atoms with van der Waals surface area (Å²) in [6, 6.07) is 14.3. The Balaban J connectivity index is 0.00000480. The Bertz CT molecular complexity index is 847. The van der Waals surface area contributed by atoms with Crippen molar-refractivity contribution in [2.24, 2.45) is 4.99 Å². The van der Waals surface area contributed by atoms with E-state index in [-0.39, 0.29) is 29.9 Å². The minimum Gasteiger partial charge on any atom is -0.356 e. The molecule has 0 saturated carbocycles. The van der Waals surface area contributed by atoms with Crippen molar-refractivity contribution in [3.63, 3.8) is 0 Å². The second kappa shape index (κ2) is 14.0. The number of hydrogen-bond acceptors (Lipinski definition) is 3. The molecule has 0 fully saturated rings. The van der Waals surface area contributed by atoms with Crippen LogP contribution in [0.3, 0.4) is 0 Å². The maximum Gasteiger partial charge on any atom is 0.251 e. The van der Waals surface area contributed by atoms with Crippen molar-refractivity contribution in [3.05, 3.63) is 70.3 Å². The van der Waals surface area contributed by atoms with E-state index in [1.165, 1.54) is 16.7 Å². The number of carbonyl (C=O) groups is 1. The lowest BCUT2D eigenvalue weighted by atomic mass is 10.1. The summed E-state index contributed by atoms with van der Waals surface area (Å²) < 4.78 is 0. The van der Waals surface area contributed by atoms with E-state index in [1.807, 2.05) is 43.3 Å². The zero-order chi connectivity index (χ0) is 21.9. The Morgan fingerprint density at radius 2 is 1.65 bits per heavy atom. The van der Waals surface area contributed by atoms with E-state index >= 15 is 0 Å². The molecular formula is C24H36IN5O. The van der Waals surface area contributed by atoms with Gasteiger partial charge in [0.15, 0.2) is 5.96 Å². The van der Waals surface area contributed by atoms with Gasteiger partial charge in [-0.2, -0.15) is 0 Å². The molecular weight excluding hydrogens is 501 g/mol. The number of nitrogens with one attached hydrogen (secondary N) is 3. The smallest absolute Gasteiger partial charge is 0.251 e. The lowest BCUT2D eigenvalue weighted by Gasteiger charge is -2.13. The SMILES string of the molecule is CN=C(NCCc1cc(C)cc(C)c1)NCc1cccc(C(=O)NCCN(C)C)c1.I. The minimum absolute atomic E-state index is 0. The molecule has 170 valence electrons. The first-order valence-corrected chi connectivity index (χ1v) is 10.4. The van der Waals surface area contributed by atoms with Gasteiger partial charge in [0.1, 0.15) is 0 Å². The molecule has 2 rings (SSSR count). The molecule has 0 bridgehead atoms. The predicted octanol–water partition coefficient (Wildman–Crippen LogP) is 3.12. The van der Waals surface area contributed by atoms with Crippen LogP contribution in [0.15, 0.2) is 47.5 Å². The summed E-state index contributed by atoms with van der Waals surface area (Å²) in [6.07, 6.45) is 0.936. The van der Waals surface area contributed by atoms with Crippen LogP contribution in [0, 0.1) is 13.8 Å².